The summed E-state index contributed by atoms with van der Waals surface area (Å²) in [5.74, 6) is 0. The number of benzene rings is 19. The van der Waals surface area contributed by atoms with Gasteiger partial charge in [-0.05, 0) is 211 Å². The molecule has 0 spiro atoms. The van der Waals surface area contributed by atoms with Crippen LogP contribution in [-0.2, 0) is 0 Å². The van der Waals surface area contributed by atoms with E-state index in [1.54, 1.807) is 0 Å². The summed E-state index contributed by atoms with van der Waals surface area (Å²) in [6.07, 6.45) is 0. The van der Waals surface area contributed by atoms with E-state index in [-0.39, 0.29) is 0 Å². The largest absolute Gasteiger partial charge is 0.456 e. The Bertz CT molecular complexity index is 6800. The Morgan fingerprint density at radius 1 is 0.160 bits per heavy atom. The highest BCUT2D eigenvalue weighted by Crippen LogP contribution is 2.54. The fraction of sp³-hybridized carbons (Fsp3) is 0. The average molecular weight is 1190 g/mol. The zero-order chi connectivity index (χ0) is 61.3. The van der Waals surface area contributed by atoms with Gasteiger partial charge < -0.3 is 8.83 Å². The molecule has 19 aromatic carbocycles. The Balaban J connectivity index is 0.804. The van der Waals surface area contributed by atoms with E-state index < -0.39 is 0 Å². The molecule has 21 rings (SSSR count). The van der Waals surface area contributed by atoms with Gasteiger partial charge in [0.1, 0.15) is 22.3 Å². The molecule has 432 valence electrons. The first-order valence-electron chi connectivity index (χ1n) is 32.5. The topological polar surface area (TPSA) is 26.3 Å². The highest BCUT2D eigenvalue weighted by atomic mass is 16.3. The number of hydrogen-bond acceptors (Lipinski definition) is 2. The van der Waals surface area contributed by atoms with E-state index in [4.69, 9.17) is 8.83 Å². The van der Waals surface area contributed by atoms with Crippen LogP contribution >= 0.6 is 0 Å². The fourth-order valence-corrected chi connectivity index (χ4v) is 16.8. The summed E-state index contributed by atoms with van der Waals surface area (Å²) in [6, 6.07) is 117. The molecule has 0 saturated heterocycles. The molecule has 0 aliphatic heterocycles. The number of fused-ring (bicyclic) bond motifs is 22. The highest BCUT2D eigenvalue weighted by molar-refractivity contribution is 6.34. The first kappa shape index (κ1) is 51.4. The van der Waals surface area contributed by atoms with Crippen LogP contribution < -0.4 is 0 Å². The summed E-state index contributed by atoms with van der Waals surface area (Å²) in [6.45, 7) is 0. The summed E-state index contributed by atoms with van der Waals surface area (Å²) in [5, 5.41) is 31.1. The van der Waals surface area contributed by atoms with E-state index in [0.717, 1.165) is 60.6 Å². The Hall–Kier alpha value is -12.4. The van der Waals surface area contributed by atoms with Gasteiger partial charge in [-0.2, -0.15) is 0 Å². The first-order valence-corrected chi connectivity index (χ1v) is 32.5. The van der Waals surface area contributed by atoms with Gasteiger partial charge in [-0.3, -0.25) is 0 Å². The van der Waals surface area contributed by atoms with E-state index in [2.05, 4.69) is 315 Å². The number of hydrogen-bond donors (Lipinski definition) is 0. The molecule has 0 fully saturated rings. The monoisotopic (exact) mass is 1190 g/mol. The maximum Gasteiger partial charge on any atom is 0.143 e. The zero-order valence-electron chi connectivity index (χ0n) is 50.8. The van der Waals surface area contributed by atoms with Crippen LogP contribution in [-0.4, -0.2) is 0 Å². The molecule has 0 atom stereocenters. The molecule has 0 aliphatic rings. The molecule has 0 N–H and O–H groups in total. The second-order valence-electron chi connectivity index (χ2n) is 25.5. The molecule has 94 heavy (non-hydrogen) atoms. The number of rotatable bonds is 5. The van der Waals surface area contributed by atoms with Gasteiger partial charge >= 0.3 is 0 Å². The van der Waals surface area contributed by atoms with Crippen LogP contribution in [0.25, 0.3) is 218 Å². The molecule has 0 saturated carbocycles. The molecular weight excluding hydrogens is 1140 g/mol. The third-order valence-corrected chi connectivity index (χ3v) is 20.8. The van der Waals surface area contributed by atoms with Crippen molar-refractivity contribution >= 4 is 162 Å². The van der Waals surface area contributed by atoms with E-state index in [1.165, 1.54) is 157 Å². The molecule has 0 unspecified atom stereocenters. The normalized spacial score (nSPS) is 12.3. The summed E-state index contributed by atoms with van der Waals surface area (Å²) in [5.41, 5.74) is 15.3. The lowest BCUT2D eigenvalue weighted by molar-refractivity contribution is 0.669. The zero-order valence-corrected chi connectivity index (χ0v) is 50.8. The quantitative estimate of drug-likeness (QED) is 0.127. The van der Waals surface area contributed by atoms with E-state index in [1.807, 2.05) is 0 Å². The average Bonchev–Trinajstić information content (AvgIpc) is 0.828. The minimum Gasteiger partial charge on any atom is -0.456 e. The van der Waals surface area contributed by atoms with Gasteiger partial charge in [-0.1, -0.05) is 273 Å². The number of furan rings is 2. The van der Waals surface area contributed by atoms with Crippen molar-refractivity contribution in [1.29, 1.82) is 0 Å². The van der Waals surface area contributed by atoms with Crippen molar-refractivity contribution in [3.63, 3.8) is 0 Å². The van der Waals surface area contributed by atoms with E-state index in [0.29, 0.717) is 0 Å². The highest BCUT2D eigenvalue weighted by Gasteiger charge is 2.27. The standard InChI is InChI=1S/C92H52O2/c1-5-22-61-53(18-1)36-37-57-50-60(41-44-62(57)61)83-67-26-9-11-28-69(67)86(70-29-12-10-27-68(70)83)77-47-46-66(92-91(77)89-65-25-8-4-21-56(65)43-49-82(89)94-92)58-38-39-59-52-79(75-45-40-54-19-2-6-23-63(54)84(75)78(59)51-58)87-73-32-15-13-30-71(73)85(72-31-14-16-33-74(72)87)76-34-17-35-80-90(76)88-64-24-7-3-20-55(64)42-48-81(88)93-80/h1-52H. The van der Waals surface area contributed by atoms with Gasteiger partial charge in [0.15, 0.2) is 0 Å². The van der Waals surface area contributed by atoms with Crippen LogP contribution in [0.3, 0.4) is 0 Å². The van der Waals surface area contributed by atoms with Gasteiger partial charge in [0, 0.05) is 27.1 Å². The van der Waals surface area contributed by atoms with Crippen LogP contribution in [0.2, 0.25) is 0 Å². The molecule has 0 bridgehead atoms. The Labute approximate surface area is 539 Å². The summed E-state index contributed by atoms with van der Waals surface area (Å²) in [4.78, 5) is 0. The van der Waals surface area contributed by atoms with Crippen molar-refractivity contribution in [3.05, 3.63) is 315 Å². The third-order valence-electron chi connectivity index (χ3n) is 20.8. The third kappa shape index (κ3) is 7.25. The predicted octanol–water partition coefficient (Wildman–Crippen LogP) is 26.5. The SMILES string of the molecule is c1ccc2c(c1)ccc1cc(-c3c4ccccc4c(-c4ccc(-c5ccc6cc(-c7c8ccccc8c(-c8cccc9oc%10ccc%11ccccc%11c%10c89)c8ccccc78)c7ccc8ccccc8c7c6c5)c5oc6ccc7ccccc7c6c45)c4ccccc34)ccc12. The second-order valence-corrected chi connectivity index (χ2v) is 25.5. The lowest BCUT2D eigenvalue weighted by Gasteiger charge is -2.21. The second kappa shape index (κ2) is 19.6. The van der Waals surface area contributed by atoms with Gasteiger partial charge in [0.05, 0.1) is 0 Å². The van der Waals surface area contributed by atoms with Gasteiger partial charge in [-0.15, -0.1) is 0 Å². The van der Waals surface area contributed by atoms with Crippen molar-refractivity contribution in [3.8, 4) is 55.6 Å². The van der Waals surface area contributed by atoms with Gasteiger partial charge in [-0.25, -0.2) is 0 Å². The van der Waals surface area contributed by atoms with Gasteiger partial charge in [0.2, 0.25) is 0 Å². The summed E-state index contributed by atoms with van der Waals surface area (Å²) >= 11 is 0. The molecule has 0 amide bonds. The molecule has 0 radical (unpaired) electrons. The van der Waals surface area contributed by atoms with E-state index >= 15 is 0 Å². The minimum atomic E-state index is 0.868. The molecule has 2 heteroatoms. The van der Waals surface area contributed by atoms with Crippen LogP contribution in [0, 0.1) is 0 Å². The van der Waals surface area contributed by atoms with Crippen molar-refractivity contribution in [1.82, 2.24) is 0 Å². The predicted molar refractivity (Wildman–Crippen MR) is 401 cm³/mol. The van der Waals surface area contributed by atoms with Crippen LogP contribution in [0.4, 0.5) is 0 Å². The molecule has 0 aliphatic carbocycles. The minimum absolute atomic E-state index is 0.868. The Morgan fingerprint density at radius 3 is 1.14 bits per heavy atom. The lowest BCUT2D eigenvalue weighted by Crippen LogP contribution is -1.93. The smallest absolute Gasteiger partial charge is 0.143 e. The van der Waals surface area contributed by atoms with Crippen LogP contribution in [0.1, 0.15) is 0 Å². The Kier molecular flexibility index (Phi) is 10.7. The molecular formula is C92H52O2. The van der Waals surface area contributed by atoms with Crippen molar-refractivity contribution < 1.29 is 8.83 Å². The van der Waals surface area contributed by atoms with Crippen LogP contribution in [0.5, 0.6) is 0 Å². The molecule has 2 aromatic heterocycles. The van der Waals surface area contributed by atoms with E-state index in [9.17, 15) is 0 Å². The molecule has 21 aromatic rings. The fourth-order valence-electron chi connectivity index (χ4n) is 16.8. The first-order chi connectivity index (χ1) is 46.6. The van der Waals surface area contributed by atoms with Gasteiger partial charge in [0.25, 0.3) is 0 Å². The summed E-state index contributed by atoms with van der Waals surface area (Å²) < 4.78 is 14.2. The lowest BCUT2D eigenvalue weighted by atomic mass is 9.82. The maximum atomic E-state index is 7.42. The van der Waals surface area contributed by atoms with Crippen molar-refractivity contribution in [2.24, 2.45) is 0 Å². The van der Waals surface area contributed by atoms with Crippen molar-refractivity contribution in [2.75, 3.05) is 0 Å². The van der Waals surface area contributed by atoms with Crippen LogP contribution in [0.15, 0.2) is 324 Å². The molecule has 2 heterocycles. The Morgan fingerprint density at radius 2 is 0.543 bits per heavy atom. The maximum absolute atomic E-state index is 7.42. The summed E-state index contributed by atoms with van der Waals surface area (Å²) in [7, 11) is 0. The molecule has 2 nitrogen and oxygen atoms in total. The van der Waals surface area contributed by atoms with Crippen molar-refractivity contribution in [2.45, 2.75) is 0 Å².